The van der Waals surface area contributed by atoms with E-state index in [0.717, 1.165) is 17.5 Å². The van der Waals surface area contributed by atoms with Gasteiger partial charge in [0.1, 0.15) is 6.04 Å². The molecule has 0 saturated heterocycles. The van der Waals surface area contributed by atoms with Crippen molar-refractivity contribution >= 4 is 12.0 Å². The van der Waals surface area contributed by atoms with Crippen molar-refractivity contribution < 1.29 is 23.8 Å². The Labute approximate surface area is 154 Å². The number of urea groups is 1. The van der Waals surface area contributed by atoms with Crippen molar-refractivity contribution in [2.75, 3.05) is 27.9 Å². The number of rotatable bonds is 6. The molecule has 0 aromatic heterocycles. The smallest absolute Gasteiger partial charge is 0.328 e. The maximum absolute atomic E-state index is 12.6. The minimum atomic E-state index is -0.640. The van der Waals surface area contributed by atoms with Gasteiger partial charge in [0.2, 0.25) is 0 Å². The van der Waals surface area contributed by atoms with Crippen LogP contribution in [0.3, 0.4) is 0 Å². The van der Waals surface area contributed by atoms with E-state index >= 15 is 0 Å². The number of carbonyl (C=O) groups is 2. The molecule has 26 heavy (non-hydrogen) atoms. The highest BCUT2D eigenvalue weighted by molar-refractivity contribution is 5.83. The molecule has 7 heteroatoms. The molecule has 144 valence electrons. The van der Waals surface area contributed by atoms with Crippen molar-refractivity contribution in [3.63, 3.8) is 0 Å². The van der Waals surface area contributed by atoms with Crippen molar-refractivity contribution in [1.29, 1.82) is 0 Å². The number of carbonyl (C=O) groups excluding carboxylic acids is 2. The highest BCUT2D eigenvalue weighted by atomic mass is 16.5. The fraction of sp³-hybridized carbons (Fsp3) is 0.579. The van der Waals surface area contributed by atoms with Crippen LogP contribution in [0.5, 0.6) is 11.5 Å². The van der Waals surface area contributed by atoms with Gasteiger partial charge in [-0.3, -0.25) is 0 Å². The number of benzene rings is 1. The minimum absolute atomic E-state index is 0.262. The van der Waals surface area contributed by atoms with Crippen molar-refractivity contribution in [3.8, 4) is 11.5 Å². The SMILES string of the molecule is COC(=O)C(CC(C)C)NC(=O)N1CCc2cc(OC)c(OC)cc2C1. The van der Waals surface area contributed by atoms with Crippen molar-refractivity contribution in [3.05, 3.63) is 23.3 Å². The standard InChI is InChI=1S/C19H28N2O5/c1-12(2)8-15(18(22)26-5)20-19(23)21-7-6-13-9-16(24-3)17(25-4)10-14(13)11-21/h9-10,12,15H,6-8,11H2,1-5H3,(H,20,23). The topological polar surface area (TPSA) is 77.1 Å². The maximum Gasteiger partial charge on any atom is 0.328 e. The Bertz CT molecular complexity index is 660. The maximum atomic E-state index is 12.6. The van der Waals surface area contributed by atoms with Gasteiger partial charge in [0.15, 0.2) is 11.5 Å². The second-order valence-corrected chi connectivity index (χ2v) is 6.80. The summed E-state index contributed by atoms with van der Waals surface area (Å²) in [7, 11) is 4.53. The molecule has 1 atom stereocenters. The molecular weight excluding hydrogens is 336 g/mol. The van der Waals surface area contributed by atoms with Crippen molar-refractivity contribution in [1.82, 2.24) is 10.2 Å². The second-order valence-electron chi connectivity index (χ2n) is 6.80. The first-order chi connectivity index (χ1) is 12.4. The van der Waals surface area contributed by atoms with E-state index in [1.807, 2.05) is 26.0 Å². The molecule has 0 bridgehead atoms. The number of amides is 2. The van der Waals surface area contributed by atoms with Gasteiger partial charge in [-0.05, 0) is 42.0 Å². The molecule has 0 radical (unpaired) electrons. The Morgan fingerprint density at radius 3 is 2.27 bits per heavy atom. The van der Waals surface area contributed by atoms with E-state index in [9.17, 15) is 9.59 Å². The molecule has 0 spiro atoms. The largest absolute Gasteiger partial charge is 0.493 e. The number of fused-ring (bicyclic) bond motifs is 1. The van der Waals surface area contributed by atoms with Crippen LogP contribution in [0.25, 0.3) is 0 Å². The number of hydrogen-bond donors (Lipinski definition) is 1. The first-order valence-corrected chi connectivity index (χ1v) is 8.76. The van der Waals surface area contributed by atoms with E-state index in [-0.39, 0.29) is 11.9 Å². The van der Waals surface area contributed by atoms with Crippen LogP contribution in [0.2, 0.25) is 0 Å². The van der Waals surface area contributed by atoms with Crippen LogP contribution < -0.4 is 14.8 Å². The third-order valence-corrected chi connectivity index (χ3v) is 4.50. The molecule has 2 rings (SSSR count). The van der Waals surface area contributed by atoms with Crippen molar-refractivity contribution in [2.45, 2.75) is 39.3 Å². The normalized spacial score (nSPS) is 14.5. The molecule has 1 heterocycles. The zero-order chi connectivity index (χ0) is 19.3. The predicted octanol–water partition coefficient (Wildman–Crippen LogP) is 2.36. The summed E-state index contributed by atoms with van der Waals surface area (Å²) >= 11 is 0. The molecule has 1 aromatic rings. The summed E-state index contributed by atoms with van der Waals surface area (Å²) in [5.41, 5.74) is 2.15. The minimum Gasteiger partial charge on any atom is -0.493 e. The molecule has 0 aliphatic carbocycles. The number of methoxy groups -OCH3 is 3. The molecule has 1 N–H and O–H groups in total. The lowest BCUT2D eigenvalue weighted by molar-refractivity contribution is -0.143. The van der Waals surface area contributed by atoms with Crippen LogP contribution in [0.1, 0.15) is 31.4 Å². The van der Waals surface area contributed by atoms with Crippen LogP contribution in [-0.2, 0) is 22.5 Å². The zero-order valence-corrected chi connectivity index (χ0v) is 16.1. The average molecular weight is 364 g/mol. The van der Waals surface area contributed by atoms with E-state index in [1.165, 1.54) is 7.11 Å². The monoisotopic (exact) mass is 364 g/mol. The molecule has 2 amide bonds. The summed E-state index contributed by atoms with van der Waals surface area (Å²) in [4.78, 5) is 26.3. The highest BCUT2D eigenvalue weighted by Crippen LogP contribution is 2.33. The van der Waals surface area contributed by atoms with Gasteiger partial charge in [0.25, 0.3) is 0 Å². The van der Waals surface area contributed by atoms with E-state index < -0.39 is 12.0 Å². The number of nitrogens with one attached hydrogen (secondary N) is 1. The van der Waals surface area contributed by atoms with E-state index in [0.29, 0.717) is 31.0 Å². The van der Waals surface area contributed by atoms with Gasteiger partial charge >= 0.3 is 12.0 Å². The Hall–Kier alpha value is -2.44. The molecule has 1 aliphatic rings. The average Bonchev–Trinajstić information content (AvgIpc) is 2.64. The van der Waals surface area contributed by atoms with Gasteiger partial charge in [-0.25, -0.2) is 9.59 Å². The summed E-state index contributed by atoms with van der Waals surface area (Å²) in [6.07, 6.45) is 1.25. The molecule has 0 fully saturated rings. The van der Waals surface area contributed by atoms with Gasteiger partial charge in [0, 0.05) is 13.1 Å². The number of ether oxygens (including phenoxy) is 3. The van der Waals surface area contributed by atoms with E-state index in [2.05, 4.69) is 5.32 Å². The zero-order valence-electron chi connectivity index (χ0n) is 16.1. The lowest BCUT2D eigenvalue weighted by Gasteiger charge is -2.31. The summed E-state index contributed by atoms with van der Waals surface area (Å²) in [6, 6.07) is 2.96. The lowest BCUT2D eigenvalue weighted by Crippen LogP contribution is -2.50. The van der Waals surface area contributed by atoms with Crippen LogP contribution in [0.4, 0.5) is 4.79 Å². The summed E-state index contributed by atoms with van der Waals surface area (Å²) in [5, 5.41) is 2.81. The predicted molar refractivity (Wildman–Crippen MR) is 97.5 cm³/mol. The summed E-state index contributed by atoms with van der Waals surface area (Å²) in [5.74, 6) is 1.17. The first kappa shape index (κ1) is 19.9. The van der Waals surface area contributed by atoms with Gasteiger partial charge in [-0.2, -0.15) is 0 Å². The van der Waals surface area contributed by atoms with Crippen LogP contribution in [0, 0.1) is 5.92 Å². The quantitative estimate of drug-likeness (QED) is 0.784. The lowest BCUT2D eigenvalue weighted by atomic mass is 9.99. The third kappa shape index (κ3) is 4.59. The number of nitrogens with zero attached hydrogens (tertiary/aromatic N) is 1. The number of esters is 1. The van der Waals surface area contributed by atoms with Gasteiger partial charge in [0.05, 0.1) is 21.3 Å². The molecule has 1 unspecified atom stereocenters. The second kappa shape index (κ2) is 8.78. The Balaban J connectivity index is 2.11. The van der Waals surface area contributed by atoms with Crippen LogP contribution in [0.15, 0.2) is 12.1 Å². The molecule has 0 saturated carbocycles. The molecule has 7 nitrogen and oxygen atoms in total. The van der Waals surface area contributed by atoms with E-state index in [1.54, 1.807) is 19.1 Å². The molecular formula is C19H28N2O5. The Kier molecular flexibility index (Phi) is 6.71. The molecule has 1 aliphatic heterocycles. The Morgan fingerprint density at radius 2 is 1.73 bits per heavy atom. The van der Waals surface area contributed by atoms with Crippen LogP contribution in [-0.4, -0.2) is 50.8 Å². The van der Waals surface area contributed by atoms with Gasteiger partial charge < -0.3 is 24.4 Å². The fourth-order valence-electron chi connectivity index (χ4n) is 3.12. The molecule has 1 aromatic carbocycles. The highest BCUT2D eigenvalue weighted by Gasteiger charge is 2.27. The third-order valence-electron chi connectivity index (χ3n) is 4.50. The fourth-order valence-corrected chi connectivity index (χ4v) is 3.12. The van der Waals surface area contributed by atoms with Crippen LogP contribution >= 0.6 is 0 Å². The Morgan fingerprint density at radius 1 is 1.12 bits per heavy atom. The van der Waals surface area contributed by atoms with Crippen molar-refractivity contribution in [2.24, 2.45) is 5.92 Å². The summed E-state index contributed by atoms with van der Waals surface area (Å²) in [6.45, 7) is 5.03. The number of hydrogen-bond acceptors (Lipinski definition) is 5. The van der Waals surface area contributed by atoms with E-state index in [4.69, 9.17) is 14.2 Å². The van der Waals surface area contributed by atoms with Gasteiger partial charge in [-0.15, -0.1) is 0 Å². The first-order valence-electron chi connectivity index (χ1n) is 8.76. The van der Waals surface area contributed by atoms with Gasteiger partial charge in [-0.1, -0.05) is 13.8 Å². The summed E-state index contributed by atoms with van der Waals surface area (Å²) < 4.78 is 15.5.